The predicted molar refractivity (Wildman–Crippen MR) is 88.1 cm³/mol. The molecule has 4 N–H and O–H groups in total. The van der Waals surface area contributed by atoms with E-state index in [0.29, 0.717) is 17.4 Å². The third-order valence-electron chi connectivity index (χ3n) is 3.70. The van der Waals surface area contributed by atoms with Crippen LogP contribution in [-0.2, 0) is 0 Å². The van der Waals surface area contributed by atoms with Gasteiger partial charge in [-0.3, -0.25) is 24.4 Å². The van der Waals surface area contributed by atoms with Crippen LogP contribution in [0.25, 0.3) is 0 Å². The number of benzene rings is 1. The van der Waals surface area contributed by atoms with Crippen molar-refractivity contribution in [1.82, 2.24) is 19.9 Å². The van der Waals surface area contributed by atoms with Crippen LogP contribution in [0, 0.1) is 0 Å². The highest BCUT2D eigenvalue weighted by Crippen LogP contribution is 2.27. The summed E-state index contributed by atoms with van der Waals surface area (Å²) in [6.45, 7) is 0. The summed E-state index contributed by atoms with van der Waals surface area (Å²) in [4.78, 5) is 67.0. The molecule has 0 aliphatic rings. The zero-order valence-corrected chi connectivity index (χ0v) is 12.7. The van der Waals surface area contributed by atoms with Gasteiger partial charge in [-0.2, -0.15) is 0 Å². The van der Waals surface area contributed by atoms with E-state index in [2.05, 4.69) is 19.9 Å². The number of hydrogen-bond donors (Lipinski definition) is 4. The molecular weight excluding hydrogens is 328 g/mol. The molecule has 126 valence electrons. The molecule has 0 unspecified atom stereocenters. The molecule has 9 heteroatoms. The van der Waals surface area contributed by atoms with Crippen molar-refractivity contribution in [2.75, 3.05) is 0 Å². The fraction of sp³-hybridized carbons (Fsp3) is 0.0625. The van der Waals surface area contributed by atoms with Gasteiger partial charge in [0.1, 0.15) is 6.29 Å². The Bertz CT molecular complexity index is 1100. The fourth-order valence-corrected chi connectivity index (χ4v) is 2.61. The standard InChI is InChI=1S/C16H12N4O5/c21-7-8-2-1-3-9(4-8)12(10-5-17-15(24)19-13(10)22)11-6-18-16(25)20-14(11)23/h1-7,12H,(H2,17,19,22,24)(H2,18,20,23,25). The van der Waals surface area contributed by atoms with Crippen molar-refractivity contribution in [3.05, 3.63) is 101 Å². The summed E-state index contributed by atoms with van der Waals surface area (Å²) in [5.74, 6) is -0.902. The minimum Gasteiger partial charge on any atom is -0.314 e. The largest absolute Gasteiger partial charge is 0.325 e. The van der Waals surface area contributed by atoms with Crippen molar-refractivity contribution in [3.8, 4) is 0 Å². The maximum atomic E-state index is 12.2. The monoisotopic (exact) mass is 340 g/mol. The summed E-state index contributed by atoms with van der Waals surface area (Å²) in [7, 11) is 0. The van der Waals surface area contributed by atoms with E-state index in [0.717, 1.165) is 0 Å². The van der Waals surface area contributed by atoms with Crippen LogP contribution >= 0.6 is 0 Å². The average molecular weight is 340 g/mol. The van der Waals surface area contributed by atoms with E-state index in [9.17, 15) is 24.0 Å². The molecule has 0 aliphatic carbocycles. The number of carbonyl (C=O) groups excluding carboxylic acids is 1. The SMILES string of the molecule is O=Cc1cccc(C(c2c[nH]c(=O)[nH]c2=O)c2c[nH]c(=O)[nH]c2=O)c1. The van der Waals surface area contributed by atoms with E-state index >= 15 is 0 Å². The summed E-state index contributed by atoms with van der Waals surface area (Å²) >= 11 is 0. The van der Waals surface area contributed by atoms with Gasteiger partial charge in [-0.05, 0) is 11.6 Å². The third-order valence-corrected chi connectivity index (χ3v) is 3.70. The van der Waals surface area contributed by atoms with E-state index < -0.39 is 28.4 Å². The minimum atomic E-state index is -0.902. The van der Waals surface area contributed by atoms with E-state index in [-0.39, 0.29) is 11.1 Å². The van der Waals surface area contributed by atoms with Crippen molar-refractivity contribution in [2.45, 2.75) is 5.92 Å². The van der Waals surface area contributed by atoms with Gasteiger partial charge in [-0.1, -0.05) is 18.2 Å². The minimum absolute atomic E-state index is 0.0835. The van der Waals surface area contributed by atoms with E-state index in [4.69, 9.17) is 0 Å². The van der Waals surface area contributed by atoms with Crippen molar-refractivity contribution >= 4 is 6.29 Å². The number of aldehydes is 1. The van der Waals surface area contributed by atoms with Crippen LogP contribution in [0.3, 0.4) is 0 Å². The molecule has 1 aromatic carbocycles. The molecule has 25 heavy (non-hydrogen) atoms. The lowest BCUT2D eigenvalue weighted by molar-refractivity contribution is 0.112. The topological polar surface area (TPSA) is 149 Å². The van der Waals surface area contributed by atoms with Gasteiger partial charge in [0.05, 0.1) is 0 Å². The van der Waals surface area contributed by atoms with E-state index in [1.54, 1.807) is 18.2 Å². The van der Waals surface area contributed by atoms with E-state index in [1.807, 2.05) is 0 Å². The molecule has 0 saturated heterocycles. The predicted octanol–water partition coefficient (Wildman–Crippen LogP) is -0.568. The Kier molecular flexibility index (Phi) is 4.12. The molecule has 3 rings (SSSR count). The van der Waals surface area contributed by atoms with Gasteiger partial charge in [0.2, 0.25) is 0 Å². The lowest BCUT2D eigenvalue weighted by atomic mass is 9.87. The zero-order valence-electron chi connectivity index (χ0n) is 12.7. The number of aromatic amines is 4. The Morgan fingerprint density at radius 3 is 1.88 bits per heavy atom. The highest BCUT2D eigenvalue weighted by atomic mass is 16.2. The summed E-state index contributed by atoms with van der Waals surface area (Å²) in [5, 5.41) is 0. The van der Waals surface area contributed by atoms with Crippen molar-refractivity contribution in [3.63, 3.8) is 0 Å². The van der Waals surface area contributed by atoms with Crippen LogP contribution in [-0.4, -0.2) is 26.2 Å². The Balaban J connectivity index is 2.33. The zero-order chi connectivity index (χ0) is 18.0. The number of H-pyrrole nitrogens is 4. The van der Waals surface area contributed by atoms with Gasteiger partial charge >= 0.3 is 11.4 Å². The molecule has 2 aromatic heterocycles. The highest BCUT2D eigenvalue weighted by molar-refractivity contribution is 5.75. The molecule has 0 fully saturated rings. The summed E-state index contributed by atoms with van der Waals surface area (Å²) in [6, 6.07) is 6.33. The van der Waals surface area contributed by atoms with Crippen molar-refractivity contribution in [2.24, 2.45) is 0 Å². The molecule has 0 aliphatic heterocycles. The molecule has 0 amide bonds. The molecule has 0 atom stereocenters. The molecule has 2 heterocycles. The van der Waals surface area contributed by atoms with Gasteiger partial charge in [-0.25, -0.2) is 9.59 Å². The fourth-order valence-electron chi connectivity index (χ4n) is 2.61. The lowest BCUT2D eigenvalue weighted by Crippen LogP contribution is -2.31. The molecule has 0 radical (unpaired) electrons. The summed E-state index contributed by atoms with van der Waals surface area (Å²) in [5.41, 5.74) is -1.76. The molecule has 0 bridgehead atoms. The van der Waals surface area contributed by atoms with Crippen molar-refractivity contribution < 1.29 is 4.79 Å². The van der Waals surface area contributed by atoms with Crippen molar-refractivity contribution in [1.29, 1.82) is 0 Å². The average Bonchev–Trinajstić information content (AvgIpc) is 2.59. The Morgan fingerprint density at radius 2 is 1.40 bits per heavy atom. The van der Waals surface area contributed by atoms with Crippen LogP contribution in [0.1, 0.15) is 33.0 Å². The van der Waals surface area contributed by atoms with E-state index in [1.165, 1.54) is 18.5 Å². The number of carbonyl (C=O) groups is 1. The maximum absolute atomic E-state index is 12.2. The second kappa shape index (κ2) is 6.40. The van der Waals surface area contributed by atoms with Gasteiger partial charge in [0, 0.05) is 35.0 Å². The van der Waals surface area contributed by atoms with Gasteiger partial charge in [-0.15, -0.1) is 0 Å². The summed E-state index contributed by atoms with van der Waals surface area (Å²) < 4.78 is 0. The van der Waals surface area contributed by atoms with Crippen LogP contribution in [0.5, 0.6) is 0 Å². The van der Waals surface area contributed by atoms with Gasteiger partial charge in [0.15, 0.2) is 0 Å². The lowest BCUT2D eigenvalue weighted by Gasteiger charge is -2.16. The Labute approximate surface area is 138 Å². The normalized spacial score (nSPS) is 10.8. The highest BCUT2D eigenvalue weighted by Gasteiger charge is 2.23. The summed E-state index contributed by atoms with van der Waals surface area (Å²) in [6.07, 6.45) is 3.03. The first-order valence-electron chi connectivity index (χ1n) is 7.18. The number of nitrogens with one attached hydrogen (secondary N) is 4. The third kappa shape index (κ3) is 3.15. The quantitative estimate of drug-likeness (QED) is 0.469. The smallest absolute Gasteiger partial charge is 0.314 e. The van der Waals surface area contributed by atoms with Crippen LogP contribution in [0.4, 0.5) is 0 Å². The first kappa shape index (κ1) is 16.1. The molecule has 0 saturated carbocycles. The number of aromatic nitrogens is 4. The molecule has 0 spiro atoms. The molecule has 3 aromatic rings. The number of hydrogen-bond acceptors (Lipinski definition) is 5. The number of rotatable bonds is 4. The van der Waals surface area contributed by atoms with Crippen LogP contribution in [0.15, 0.2) is 55.8 Å². The molecule has 9 nitrogen and oxygen atoms in total. The Morgan fingerprint density at radius 1 is 0.840 bits per heavy atom. The van der Waals surface area contributed by atoms with Crippen LogP contribution in [0.2, 0.25) is 0 Å². The van der Waals surface area contributed by atoms with Gasteiger partial charge < -0.3 is 9.97 Å². The van der Waals surface area contributed by atoms with Gasteiger partial charge in [0.25, 0.3) is 11.1 Å². The Hall–Kier alpha value is -3.75. The molecular formula is C16H12N4O5. The van der Waals surface area contributed by atoms with Crippen LogP contribution < -0.4 is 22.5 Å². The second-order valence-corrected chi connectivity index (χ2v) is 5.28. The second-order valence-electron chi connectivity index (χ2n) is 5.28. The maximum Gasteiger partial charge on any atom is 0.325 e. The first-order chi connectivity index (χ1) is 12.0. The first-order valence-corrected chi connectivity index (χ1v) is 7.18.